The first kappa shape index (κ1) is 13.3. The SMILES string of the molecule is COCCOCCCOc1ccc2cnsc2c1. The maximum Gasteiger partial charge on any atom is 0.120 e. The van der Waals surface area contributed by atoms with E-state index < -0.39 is 0 Å². The molecule has 2 rings (SSSR count). The molecule has 1 aromatic heterocycles. The normalized spacial score (nSPS) is 10.9. The average Bonchev–Trinajstić information content (AvgIpc) is 2.85. The second kappa shape index (κ2) is 7.31. The molecule has 0 saturated heterocycles. The van der Waals surface area contributed by atoms with Crippen LogP contribution in [0.4, 0.5) is 0 Å². The van der Waals surface area contributed by atoms with Crippen LogP contribution in [0.1, 0.15) is 6.42 Å². The monoisotopic (exact) mass is 267 g/mol. The van der Waals surface area contributed by atoms with Crippen molar-refractivity contribution in [3.8, 4) is 5.75 Å². The van der Waals surface area contributed by atoms with Crippen molar-refractivity contribution in [2.24, 2.45) is 0 Å². The summed E-state index contributed by atoms with van der Waals surface area (Å²) in [6, 6.07) is 6.03. The second-order valence-electron chi connectivity index (χ2n) is 3.83. The van der Waals surface area contributed by atoms with Crippen LogP contribution in [0.25, 0.3) is 10.1 Å². The Hall–Kier alpha value is -1.17. The number of hydrogen-bond donors (Lipinski definition) is 0. The van der Waals surface area contributed by atoms with Gasteiger partial charge in [-0.3, -0.25) is 0 Å². The van der Waals surface area contributed by atoms with Crippen LogP contribution in [-0.4, -0.2) is 37.9 Å². The molecule has 0 bridgehead atoms. The van der Waals surface area contributed by atoms with Gasteiger partial charge in [0.1, 0.15) is 5.75 Å². The molecule has 0 N–H and O–H groups in total. The highest BCUT2D eigenvalue weighted by Crippen LogP contribution is 2.23. The standard InChI is InChI=1S/C13H17NO3S/c1-15-7-8-16-5-2-6-17-12-4-3-11-10-14-18-13(11)9-12/h3-4,9-10H,2,5-8H2,1H3. The fourth-order valence-corrected chi connectivity index (χ4v) is 2.20. The number of fused-ring (bicyclic) bond motifs is 1. The third kappa shape index (κ3) is 3.94. The molecular formula is C13H17NO3S. The van der Waals surface area contributed by atoms with E-state index in [-0.39, 0.29) is 0 Å². The molecule has 18 heavy (non-hydrogen) atoms. The molecular weight excluding hydrogens is 250 g/mol. The maximum absolute atomic E-state index is 5.66. The zero-order valence-electron chi connectivity index (χ0n) is 10.4. The number of hydrogen-bond acceptors (Lipinski definition) is 5. The van der Waals surface area contributed by atoms with Crippen LogP contribution in [0.15, 0.2) is 24.4 Å². The zero-order valence-corrected chi connectivity index (χ0v) is 11.2. The first-order valence-corrected chi connectivity index (χ1v) is 6.71. The van der Waals surface area contributed by atoms with Crippen LogP contribution in [0.5, 0.6) is 5.75 Å². The summed E-state index contributed by atoms with van der Waals surface area (Å²) in [5.41, 5.74) is 0. The van der Waals surface area contributed by atoms with Crippen molar-refractivity contribution < 1.29 is 14.2 Å². The summed E-state index contributed by atoms with van der Waals surface area (Å²) in [7, 11) is 1.67. The van der Waals surface area contributed by atoms with Gasteiger partial charge in [0, 0.05) is 31.7 Å². The van der Waals surface area contributed by atoms with Crippen molar-refractivity contribution in [2.75, 3.05) is 33.5 Å². The van der Waals surface area contributed by atoms with Gasteiger partial charge in [0.15, 0.2) is 0 Å². The molecule has 5 heteroatoms. The van der Waals surface area contributed by atoms with Crippen LogP contribution in [0, 0.1) is 0 Å². The van der Waals surface area contributed by atoms with E-state index in [0.717, 1.165) is 22.3 Å². The molecule has 0 aliphatic rings. The smallest absolute Gasteiger partial charge is 0.120 e. The van der Waals surface area contributed by atoms with Crippen LogP contribution >= 0.6 is 11.5 Å². The molecule has 98 valence electrons. The number of ether oxygens (including phenoxy) is 3. The topological polar surface area (TPSA) is 40.6 Å². The number of methoxy groups -OCH3 is 1. The van der Waals surface area contributed by atoms with Crippen molar-refractivity contribution in [1.29, 1.82) is 0 Å². The molecule has 2 aromatic rings. The minimum absolute atomic E-state index is 0.642. The summed E-state index contributed by atoms with van der Waals surface area (Å²) in [4.78, 5) is 0. The number of benzene rings is 1. The Morgan fingerprint density at radius 2 is 2.11 bits per heavy atom. The predicted molar refractivity (Wildman–Crippen MR) is 72.4 cm³/mol. The minimum Gasteiger partial charge on any atom is -0.493 e. The summed E-state index contributed by atoms with van der Waals surface area (Å²) in [5, 5.41) is 1.16. The van der Waals surface area contributed by atoms with Gasteiger partial charge >= 0.3 is 0 Å². The molecule has 4 nitrogen and oxygen atoms in total. The largest absolute Gasteiger partial charge is 0.493 e. The van der Waals surface area contributed by atoms with Crippen molar-refractivity contribution in [2.45, 2.75) is 6.42 Å². The number of aromatic nitrogens is 1. The van der Waals surface area contributed by atoms with Gasteiger partial charge in [-0.2, -0.15) is 4.37 Å². The Labute approximate surface area is 111 Å². The van der Waals surface area contributed by atoms with Crippen molar-refractivity contribution in [3.05, 3.63) is 24.4 Å². The average molecular weight is 267 g/mol. The van der Waals surface area contributed by atoms with E-state index in [4.69, 9.17) is 14.2 Å². The molecule has 0 aliphatic heterocycles. The zero-order chi connectivity index (χ0) is 12.6. The van der Waals surface area contributed by atoms with Gasteiger partial charge in [-0.05, 0) is 29.7 Å². The highest BCUT2D eigenvalue weighted by molar-refractivity contribution is 7.13. The van der Waals surface area contributed by atoms with E-state index >= 15 is 0 Å². The van der Waals surface area contributed by atoms with Crippen molar-refractivity contribution >= 4 is 21.6 Å². The number of rotatable bonds is 8. The molecule has 0 radical (unpaired) electrons. The van der Waals surface area contributed by atoms with Crippen LogP contribution in [-0.2, 0) is 9.47 Å². The molecule has 0 atom stereocenters. The van der Waals surface area contributed by atoms with Crippen LogP contribution in [0.2, 0.25) is 0 Å². The van der Waals surface area contributed by atoms with Gasteiger partial charge in [0.2, 0.25) is 0 Å². The third-order valence-electron chi connectivity index (χ3n) is 2.46. The molecule has 1 heterocycles. The Morgan fingerprint density at radius 1 is 1.17 bits per heavy atom. The summed E-state index contributed by atoms with van der Waals surface area (Å²) >= 11 is 1.49. The van der Waals surface area contributed by atoms with E-state index in [1.165, 1.54) is 11.5 Å². The van der Waals surface area contributed by atoms with Gasteiger partial charge < -0.3 is 14.2 Å². The summed E-state index contributed by atoms with van der Waals surface area (Å²) in [6.07, 6.45) is 2.75. The lowest BCUT2D eigenvalue weighted by Gasteiger charge is -2.06. The highest BCUT2D eigenvalue weighted by Gasteiger charge is 1.99. The van der Waals surface area contributed by atoms with E-state index in [9.17, 15) is 0 Å². The minimum atomic E-state index is 0.642. The Morgan fingerprint density at radius 3 is 3.00 bits per heavy atom. The fraction of sp³-hybridized carbons (Fsp3) is 0.462. The Bertz CT molecular complexity index is 472. The Kier molecular flexibility index (Phi) is 5.38. The first-order valence-electron chi connectivity index (χ1n) is 5.94. The lowest BCUT2D eigenvalue weighted by molar-refractivity contribution is 0.0644. The van der Waals surface area contributed by atoms with Crippen LogP contribution < -0.4 is 4.74 Å². The summed E-state index contributed by atoms with van der Waals surface area (Å²) in [6.45, 7) is 2.65. The first-order chi connectivity index (χ1) is 8.90. The lowest BCUT2D eigenvalue weighted by Crippen LogP contribution is -2.06. The van der Waals surface area contributed by atoms with E-state index in [0.29, 0.717) is 26.4 Å². The van der Waals surface area contributed by atoms with Crippen molar-refractivity contribution in [1.82, 2.24) is 4.37 Å². The number of nitrogens with zero attached hydrogens (tertiary/aromatic N) is 1. The van der Waals surface area contributed by atoms with Gasteiger partial charge in [0.05, 0.1) is 24.5 Å². The molecule has 0 saturated carbocycles. The Balaban J connectivity index is 1.67. The lowest BCUT2D eigenvalue weighted by atomic mass is 10.3. The van der Waals surface area contributed by atoms with Gasteiger partial charge in [-0.25, -0.2) is 0 Å². The predicted octanol–water partition coefficient (Wildman–Crippen LogP) is 2.73. The molecule has 0 aliphatic carbocycles. The summed E-state index contributed by atoms with van der Waals surface area (Å²) in [5.74, 6) is 0.892. The third-order valence-corrected chi connectivity index (χ3v) is 3.22. The van der Waals surface area contributed by atoms with Gasteiger partial charge in [-0.1, -0.05) is 0 Å². The fourth-order valence-electron chi connectivity index (χ4n) is 1.53. The molecule has 0 amide bonds. The molecule has 1 aromatic carbocycles. The molecule has 0 fully saturated rings. The van der Waals surface area contributed by atoms with Gasteiger partial charge in [-0.15, -0.1) is 0 Å². The van der Waals surface area contributed by atoms with Crippen LogP contribution in [0.3, 0.4) is 0 Å². The second-order valence-corrected chi connectivity index (χ2v) is 4.67. The van der Waals surface area contributed by atoms with Crippen molar-refractivity contribution in [3.63, 3.8) is 0 Å². The van der Waals surface area contributed by atoms with E-state index in [2.05, 4.69) is 4.37 Å². The molecule has 0 spiro atoms. The maximum atomic E-state index is 5.66. The molecule has 0 unspecified atom stereocenters. The van der Waals surface area contributed by atoms with E-state index in [1.807, 2.05) is 24.4 Å². The quantitative estimate of drug-likeness (QED) is 0.690. The van der Waals surface area contributed by atoms with E-state index in [1.54, 1.807) is 7.11 Å². The highest BCUT2D eigenvalue weighted by atomic mass is 32.1. The summed E-state index contributed by atoms with van der Waals surface area (Å²) < 4.78 is 21.2. The van der Waals surface area contributed by atoms with Gasteiger partial charge in [0.25, 0.3) is 0 Å².